The van der Waals surface area contributed by atoms with Gasteiger partial charge in [-0.2, -0.15) is 0 Å². The number of amides is 1. The van der Waals surface area contributed by atoms with Gasteiger partial charge < -0.3 is 4.90 Å². The van der Waals surface area contributed by atoms with Gasteiger partial charge in [0.2, 0.25) is 5.91 Å². The van der Waals surface area contributed by atoms with Crippen molar-refractivity contribution >= 4 is 33.4 Å². The Balaban J connectivity index is 1.94. The molecule has 2 rings (SSSR count). The van der Waals surface area contributed by atoms with Crippen LogP contribution >= 0.6 is 11.6 Å². The van der Waals surface area contributed by atoms with E-state index in [4.69, 9.17) is 11.6 Å². The topological polar surface area (TPSA) is 54.5 Å². The number of carbonyl (C=O) groups is 1. The first-order valence-electron chi connectivity index (χ1n) is 6.37. The van der Waals surface area contributed by atoms with Crippen molar-refractivity contribution in [2.24, 2.45) is 0 Å². The summed E-state index contributed by atoms with van der Waals surface area (Å²) in [5.74, 6) is -0.0673. The first-order chi connectivity index (χ1) is 9.44. The molecule has 20 heavy (non-hydrogen) atoms. The fraction of sp³-hybridized carbons (Fsp3) is 0.357. The molecule has 1 fully saturated rings. The molecule has 1 saturated heterocycles. The number of likely N-dealkylation sites (tertiary alicyclic amines) is 1. The Hall–Kier alpha value is -1.33. The Morgan fingerprint density at radius 1 is 1.40 bits per heavy atom. The minimum Gasteiger partial charge on any atom is -0.336 e. The van der Waals surface area contributed by atoms with Crippen LogP contribution < -0.4 is 0 Å². The molecule has 0 spiro atoms. The van der Waals surface area contributed by atoms with E-state index in [-0.39, 0.29) is 24.7 Å². The third-order valence-electron chi connectivity index (χ3n) is 3.38. The van der Waals surface area contributed by atoms with Crippen LogP contribution in [0.2, 0.25) is 5.02 Å². The number of halogens is 1. The van der Waals surface area contributed by atoms with Gasteiger partial charge in [0.1, 0.15) is 0 Å². The lowest BCUT2D eigenvalue weighted by Gasteiger charge is -2.37. The van der Waals surface area contributed by atoms with Crippen molar-refractivity contribution in [1.29, 1.82) is 0 Å². The Bertz CT molecular complexity index is 634. The zero-order valence-corrected chi connectivity index (χ0v) is 12.7. The van der Waals surface area contributed by atoms with Gasteiger partial charge in [-0.05, 0) is 17.7 Å². The van der Waals surface area contributed by atoms with Crippen LogP contribution in [0.5, 0.6) is 0 Å². The first-order valence-corrected chi connectivity index (χ1v) is 8.46. The van der Waals surface area contributed by atoms with Gasteiger partial charge in [-0.3, -0.25) is 4.79 Å². The van der Waals surface area contributed by atoms with Gasteiger partial charge in [0.05, 0.1) is 5.25 Å². The highest BCUT2D eigenvalue weighted by atomic mass is 35.5. The van der Waals surface area contributed by atoms with Gasteiger partial charge in [0.25, 0.3) is 0 Å². The lowest BCUT2D eigenvalue weighted by atomic mass is 10.2. The maximum Gasteiger partial charge on any atom is 0.246 e. The highest BCUT2D eigenvalue weighted by Gasteiger charge is 2.37. The van der Waals surface area contributed by atoms with Crippen LogP contribution in [0.4, 0.5) is 0 Å². The van der Waals surface area contributed by atoms with E-state index >= 15 is 0 Å². The summed E-state index contributed by atoms with van der Waals surface area (Å²) in [6, 6.07) is 7.21. The maximum atomic E-state index is 11.9. The summed E-state index contributed by atoms with van der Waals surface area (Å²) >= 11 is 5.98. The van der Waals surface area contributed by atoms with E-state index in [0.29, 0.717) is 5.02 Å². The van der Waals surface area contributed by atoms with Gasteiger partial charge >= 0.3 is 0 Å². The van der Waals surface area contributed by atoms with Gasteiger partial charge in [-0.25, -0.2) is 8.42 Å². The highest BCUT2D eigenvalue weighted by molar-refractivity contribution is 7.92. The van der Waals surface area contributed by atoms with Gasteiger partial charge in [-0.15, -0.1) is 0 Å². The number of hydrogen-bond donors (Lipinski definition) is 0. The minimum absolute atomic E-state index is 0.120. The van der Waals surface area contributed by atoms with Gasteiger partial charge in [0, 0.05) is 29.9 Å². The summed E-state index contributed by atoms with van der Waals surface area (Å²) in [5.41, 5.74) is 0.765. The molecule has 1 aromatic rings. The van der Waals surface area contributed by atoms with E-state index in [0.717, 1.165) is 5.56 Å². The van der Waals surface area contributed by atoms with E-state index in [1.807, 2.05) is 18.2 Å². The SMILES string of the molecule is CCS(=O)(=O)C1CN(C(=O)/C=C/c2ccccc2Cl)C1. The van der Waals surface area contributed by atoms with Crippen molar-refractivity contribution in [3.8, 4) is 0 Å². The van der Waals surface area contributed by atoms with E-state index in [1.165, 1.54) is 11.0 Å². The van der Waals surface area contributed by atoms with Crippen LogP contribution in [0.1, 0.15) is 12.5 Å². The molecule has 0 aliphatic carbocycles. The summed E-state index contributed by atoms with van der Waals surface area (Å²) in [6.07, 6.45) is 3.07. The smallest absolute Gasteiger partial charge is 0.246 e. The second kappa shape index (κ2) is 5.97. The Labute approximate surface area is 124 Å². The largest absolute Gasteiger partial charge is 0.336 e. The van der Waals surface area contributed by atoms with E-state index in [9.17, 15) is 13.2 Å². The molecular weight excluding hydrogens is 298 g/mol. The monoisotopic (exact) mass is 313 g/mol. The normalized spacial score (nSPS) is 16.4. The zero-order valence-electron chi connectivity index (χ0n) is 11.1. The number of hydrogen-bond acceptors (Lipinski definition) is 3. The van der Waals surface area contributed by atoms with E-state index < -0.39 is 15.1 Å². The minimum atomic E-state index is -3.04. The molecule has 4 nitrogen and oxygen atoms in total. The van der Waals surface area contributed by atoms with Crippen molar-refractivity contribution < 1.29 is 13.2 Å². The third kappa shape index (κ3) is 3.22. The van der Waals surface area contributed by atoms with Crippen LogP contribution in [0.15, 0.2) is 30.3 Å². The Morgan fingerprint density at radius 2 is 2.05 bits per heavy atom. The molecule has 108 valence electrons. The summed E-state index contributed by atoms with van der Waals surface area (Å²) in [6.45, 7) is 2.18. The predicted molar refractivity (Wildman–Crippen MR) is 80.3 cm³/mol. The third-order valence-corrected chi connectivity index (χ3v) is 5.84. The molecule has 0 radical (unpaired) electrons. The molecule has 1 aromatic carbocycles. The van der Waals surface area contributed by atoms with Crippen molar-refractivity contribution in [1.82, 2.24) is 4.90 Å². The molecule has 0 N–H and O–H groups in total. The second-order valence-corrected chi connectivity index (χ2v) is 7.65. The molecule has 1 aliphatic rings. The van der Waals surface area contributed by atoms with Crippen molar-refractivity contribution in [2.75, 3.05) is 18.8 Å². The number of nitrogens with zero attached hydrogens (tertiary/aromatic N) is 1. The lowest BCUT2D eigenvalue weighted by Crippen LogP contribution is -2.56. The summed E-state index contributed by atoms with van der Waals surface area (Å²) in [7, 11) is -3.04. The maximum absolute atomic E-state index is 11.9. The average molecular weight is 314 g/mol. The summed E-state index contributed by atoms with van der Waals surface area (Å²) in [4.78, 5) is 13.4. The Kier molecular flexibility index (Phi) is 4.50. The molecule has 6 heteroatoms. The van der Waals surface area contributed by atoms with Crippen LogP contribution in [-0.2, 0) is 14.6 Å². The molecule has 0 bridgehead atoms. The zero-order chi connectivity index (χ0) is 14.8. The van der Waals surface area contributed by atoms with E-state index in [1.54, 1.807) is 19.1 Å². The van der Waals surface area contributed by atoms with Crippen molar-refractivity contribution in [3.63, 3.8) is 0 Å². The fourth-order valence-corrected chi connectivity index (χ4v) is 3.44. The molecular formula is C14H16ClNO3S. The molecule has 1 aliphatic heterocycles. The standard InChI is InChI=1S/C14H16ClNO3S/c1-2-20(18,19)12-9-16(10-12)14(17)8-7-11-5-3-4-6-13(11)15/h3-8,12H,2,9-10H2,1H3/b8-7+. The highest BCUT2D eigenvalue weighted by Crippen LogP contribution is 2.19. The van der Waals surface area contributed by atoms with Crippen LogP contribution in [-0.4, -0.2) is 43.3 Å². The average Bonchev–Trinajstić information content (AvgIpc) is 2.35. The lowest BCUT2D eigenvalue weighted by molar-refractivity contribution is -0.128. The van der Waals surface area contributed by atoms with Gasteiger partial charge in [0.15, 0.2) is 9.84 Å². The van der Waals surface area contributed by atoms with Crippen LogP contribution in [0, 0.1) is 0 Å². The number of sulfone groups is 1. The summed E-state index contributed by atoms with van der Waals surface area (Å²) < 4.78 is 23.2. The van der Waals surface area contributed by atoms with Crippen molar-refractivity contribution in [2.45, 2.75) is 12.2 Å². The second-order valence-electron chi connectivity index (χ2n) is 4.67. The predicted octanol–water partition coefficient (Wildman–Crippen LogP) is 2.00. The molecule has 1 heterocycles. The fourth-order valence-electron chi connectivity index (χ4n) is 1.96. The number of carbonyl (C=O) groups excluding carboxylic acids is 1. The number of rotatable bonds is 4. The number of benzene rings is 1. The molecule has 0 atom stereocenters. The van der Waals surface area contributed by atoms with Crippen molar-refractivity contribution in [3.05, 3.63) is 40.9 Å². The van der Waals surface area contributed by atoms with Gasteiger partial charge in [-0.1, -0.05) is 36.7 Å². The van der Waals surface area contributed by atoms with Crippen LogP contribution in [0.3, 0.4) is 0 Å². The molecule has 1 amide bonds. The quantitative estimate of drug-likeness (QED) is 0.799. The Morgan fingerprint density at radius 3 is 2.65 bits per heavy atom. The first kappa shape index (κ1) is 15.1. The van der Waals surface area contributed by atoms with E-state index in [2.05, 4.69) is 0 Å². The van der Waals surface area contributed by atoms with Crippen LogP contribution in [0.25, 0.3) is 6.08 Å². The molecule has 0 aromatic heterocycles. The molecule has 0 saturated carbocycles. The molecule has 0 unspecified atom stereocenters. The summed E-state index contributed by atoms with van der Waals surface area (Å²) in [5, 5.41) is 0.164.